The summed E-state index contributed by atoms with van der Waals surface area (Å²) in [7, 11) is -2.01. The standard InChI is InChI=1S/C21H30N3O5P/c1-13-7-16(8-18(27-6)20(13)25)19(30(26)28-11-21(4,5)12-29-30)10-23-17-9-22-15(3)24-14(17)2/h7-9,19,23,25H,10-12H2,1-6H3. The van der Waals surface area contributed by atoms with E-state index in [2.05, 4.69) is 15.3 Å². The van der Waals surface area contributed by atoms with E-state index >= 15 is 0 Å². The zero-order valence-corrected chi connectivity index (χ0v) is 19.2. The van der Waals surface area contributed by atoms with Gasteiger partial charge in [0.2, 0.25) is 0 Å². The maximum Gasteiger partial charge on any atom is 0.339 e. The van der Waals surface area contributed by atoms with Crippen molar-refractivity contribution in [1.82, 2.24) is 9.97 Å². The number of anilines is 1. The van der Waals surface area contributed by atoms with Crippen LogP contribution in [0.3, 0.4) is 0 Å². The topological polar surface area (TPSA) is 103 Å². The van der Waals surface area contributed by atoms with Gasteiger partial charge in [0.15, 0.2) is 11.5 Å². The van der Waals surface area contributed by atoms with Gasteiger partial charge in [-0.25, -0.2) is 9.97 Å². The molecule has 1 aliphatic heterocycles. The number of hydrogen-bond acceptors (Lipinski definition) is 8. The first-order chi connectivity index (χ1) is 14.0. The van der Waals surface area contributed by atoms with Crippen LogP contribution >= 0.6 is 7.60 Å². The Hall–Kier alpha value is -2.15. The average Bonchev–Trinajstić information content (AvgIpc) is 2.68. The van der Waals surface area contributed by atoms with E-state index in [0.29, 0.717) is 35.9 Å². The smallest absolute Gasteiger partial charge is 0.339 e. The van der Waals surface area contributed by atoms with Crippen LogP contribution in [0.5, 0.6) is 11.5 Å². The van der Waals surface area contributed by atoms with Gasteiger partial charge in [0.05, 0.1) is 37.9 Å². The first kappa shape index (κ1) is 22.5. The zero-order chi connectivity index (χ0) is 22.1. The third-order valence-corrected chi connectivity index (χ3v) is 7.35. The summed E-state index contributed by atoms with van der Waals surface area (Å²) in [5.41, 5.74) is 2.04. The lowest BCUT2D eigenvalue weighted by Gasteiger charge is -2.37. The molecule has 1 unspecified atom stereocenters. The molecular weight excluding hydrogens is 405 g/mol. The molecule has 164 valence electrons. The molecule has 2 N–H and O–H groups in total. The summed E-state index contributed by atoms with van der Waals surface area (Å²) >= 11 is 0. The molecule has 0 spiro atoms. The largest absolute Gasteiger partial charge is 0.504 e. The van der Waals surface area contributed by atoms with Crippen molar-refractivity contribution in [2.75, 3.05) is 32.2 Å². The molecule has 0 aliphatic carbocycles. The predicted molar refractivity (Wildman–Crippen MR) is 115 cm³/mol. The summed E-state index contributed by atoms with van der Waals surface area (Å²) in [5, 5.41) is 13.5. The van der Waals surface area contributed by atoms with Crippen molar-refractivity contribution in [3.05, 3.63) is 41.0 Å². The van der Waals surface area contributed by atoms with Crippen molar-refractivity contribution in [3.8, 4) is 11.5 Å². The second kappa shape index (κ2) is 8.53. The van der Waals surface area contributed by atoms with Crippen LogP contribution in [0, 0.1) is 26.2 Å². The highest BCUT2D eigenvalue weighted by molar-refractivity contribution is 7.54. The van der Waals surface area contributed by atoms with Gasteiger partial charge < -0.3 is 24.2 Å². The highest BCUT2D eigenvalue weighted by Crippen LogP contribution is 2.64. The number of hydrogen-bond donors (Lipinski definition) is 2. The van der Waals surface area contributed by atoms with E-state index in [-0.39, 0.29) is 17.7 Å². The molecule has 0 bridgehead atoms. The number of nitrogens with one attached hydrogen (secondary N) is 1. The van der Waals surface area contributed by atoms with Gasteiger partial charge in [-0.15, -0.1) is 0 Å². The first-order valence-electron chi connectivity index (χ1n) is 9.85. The Labute approximate surface area is 177 Å². The maximum absolute atomic E-state index is 13.8. The van der Waals surface area contributed by atoms with E-state index in [4.69, 9.17) is 13.8 Å². The number of phenolic OH excluding ortho intramolecular Hbond substituents is 1. The minimum atomic E-state index is -3.49. The molecule has 2 heterocycles. The normalized spacial score (nSPS) is 18.6. The number of rotatable bonds is 6. The van der Waals surface area contributed by atoms with E-state index in [1.54, 1.807) is 25.3 Å². The van der Waals surface area contributed by atoms with Crippen LogP contribution in [0.15, 0.2) is 18.3 Å². The summed E-state index contributed by atoms with van der Waals surface area (Å²) in [6.45, 7) is 10.4. The summed E-state index contributed by atoms with van der Waals surface area (Å²) in [6.07, 6.45) is 1.71. The fraction of sp³-hybridized carbons (Fsp3) is 0.524. The maximum atomic E-state index is 13.8. The minimum Gasteiger partial charge on any atom is -0.504 e. The zero-order valence-electron chi connectivity index (χ0n) is 18.4. The Kier molecular flexibility index (Phi) is 6.41. The molecule has 3 rings (SSSR count). The van der Waals surface area contributed by atoms with Gasteiger partial charge in [-0.1, -0.05) is 19.9 Å². The van der Waals surface area contributed by atoms with Crippen molar-refractivity contribution >= 4 is 13.3 Å². The lowest BCUT2D eigenvalue weighted by molar-refractivity contribution is 0.0382. The minimum absolute atomic E-state index is 0.0561. The molecule has 1 saturated heterocycles. The molecule has 0 saturated carbocycles. The first-order valence-corrected chi connectivity index (χ1v) is 11.5. The van der Waals surface area contributed by atoms with Crippen molar-refractivity contribution in [1.29, 1.82) is 0 Å². The third-order valence-electron chi connectivity index (χ3n) is 5.13. The molecule has 30 heavy (non-hydrogen) atoms. The quantitative estimate of drug-likeness (QED) is 0.638. The van der Waals surface area contributed by atoms with Crippen molar-refractivity contribution in [2.45, 2.75) is 40.3 Å². The van der Waals surface area contributed by atoms with Gasteiger partial charge in [0, 0.05) is 12.0 Å². The van der Waals surface area contributed by atoms with Crippen LogP contribution in [0.1, 0.15) is 42.2 Å². The summed E-state index contributed by atoms with van der Waals surface area (Å²) in [4.78, 5) is 8.60. The van der Waals surface area contributed by atoms with Crippen LogP contribution in [-0.4, -0.2) is 41.9 Å². The predicted octanol–water partition coefficient (Wildman–Crippen LogP) is 4.54. The van der Waals surface area contributed by atoms with Gasteiger partial charge in [0.25, 0.3) is 0 Å². The fourth-order valence-electron chi connectivity index (χ4n) is 3.29. The number of methoxy groups -OCH3 is 1. The second-order valence-electron chi connectivity index (χ2n) is 8.45. The van der Waals surface area contributed by atoms with Gasteiger partial charge in [0.1, 0.15) is 11.5 Å². The molecule has 1 aliphatic rings. The number of benzene rings is 1. The van der Waals surface area contributed by atoms with Crippen LogP contribution in [0.4, 0.5) is 5.69 Å². The van der Waals surface area contributed by atoms with Crippen molar-refractivity contribution in [2.24, 2.45) is 5.41 Å². The van der Waals surface area contributed by atoms with E-state index in [0.717, 1.165) is 11.4 Å². The summed E-state index contributed by atoms with van der Waals surface area (Å²) in [5.74, 6) is 1.05. The molecule has 1 aromatic carbocycles. The lowest BCUT2D eigenvalue weighted by Crippen LogP contribution is -2.31. The SMILES string of the molecule is COc1cc(C(CNc2cnc(C)nc2C)P2(=O)OCC(C)(C)CO2)cc(C)c1O. The van der Waals surface area contributed by atoms with Gasteiger partial charge >= 0.3 is 7.60 Å². The van der Waals surface area contributed by atoms with E-state index < -0.39 is 13.3 Å². The van der Waals surface area contributed by atoms with Crippen molar-refractivity contribution in [3.63, 3.8) is 0 Å². The highest BCUT2D eigenvalue weighted by Gasteiger charge is 2.44. The molecule has 0 radical (unpaired) electrons. The van der Waals surface area contributed by atoms with Gasteiger partial charge in [-0.05, 0) is 38.0 Å². The molecule has 9 heteroatoms. The third kappa shape index (κ3) is 4.77. The Bertz CT molecular complexity index is 965. The van der Waals surface area contributed by atoms with Crippen LogP contribution < -0.4 is 10.1 Å². The van der Waals surface area contributed by atoms with Crippen LogP contribution in [0.2, 0.25) is 0 Å². The van der Waals surface area contributed by atoms with Crippen LogP contribution in [0.25, 0.3) is 0 Å². The molecule has 2 aromatic rings. The van der Waals surface area contributed by atoms with Crippen LogP contribution in [-0.2, 0) is 13.6 Å². The number of aryl methyl sites for hydroxylation is 3. The second-order valence-corrected chi connectivity index (χ2v) is 10.7. The summed E-state index contributed by atoms with van der Waals surface area (Å²) in [6, 6.07) is 3.47. The van der Waals surface area contributed by atoms with Gasteiger partial charge in [-0.3, -0.25) is 4.57 Å². The molecule has 1 fully saturated rings. The Balaban J connectivity index is 1.97. The summed E-state index contributed by atoms with van der Waals surface area (Å²) < 4.78 is 30.7. The van der Waals surface area contributed by atoms with E-state index in [1.807, 2.05) is 27.7 Å². The molecule has 8 nitrogen and oxygen atoms in total. The van der Waals surface area contributed by atoms with Gasteiger partial charge in [-0.2, -0.15) is 0 Å². The van der Waals surface area contributed by atoms with E-state index in [1.165, 1.54) is 7.11 Å². The Morgan fingerprint density at radius 1 is 1.27 bits per heavy atom. The fourth-order valence-corrected chi connectivity index (χ4v) is 5.61. The van der Waals surface area contributed by atoms with Crippen molar-refractivity contribution < 1.29 is 23.5 Å². The molecular formula is C21H30N3O5P. The lowest BCUT2D eigenvalue weighted by atomic mass is 9.97. The molecule has 1 atom stereocenters. The number of phenols is 1. The Morgan fingerprint density at radius 2 is 1.93 bits per heavy atom. The Morgan fingerprint density at radius 3 is 2.53 bits per heavy atom. The monoisotopic (exact) mass is 435 g/mol. The number of aromatic hydroxyl groups is 1. The number of nitrogens with zero attached hydrogens (tertiary/aromatic N) is 2. The number of ether oxygens (including phenoxy) is 1. The average molecular weight is 435 g/mol. The molecule has 0 amide bonds. The number of aromatic nitrogens is 2. The van der Waals surface area contributed by atoms with E-state index in [9.17, 15) is 9.67 Å². The highest BCUT2D eigenvalue weighted by atomic mass is 31.2. The molecule has 1 aromatic heterocycles.